The third-order valence-electron chi connectivity index (χ3n) is 3.10. The van der Waals surface area contributed by atoms with Gasteiger partial charge in [0, 0.05) is 6.54 Å². The van der Waals surface area contributed by atoms with Crippen molar-refractivity contribution in [3.8, 4) is 0 Å². The molecule has 2 atom stereocenters. The number of anilines is 1. The second-order valence-corrected chi connectivity index (χ2v) is 5.07. The van der Waals surface area contributed by atoms with Gasteiger partial charge in [-0.3, -0.25) is 0 Å². The van der Waals surface area contributed by atoms with Crippen LogP contribution >= 0.6 is 11.6 Å². The maximum Gasteiger partial charge on any atom is 0.318 e. The van der Waals surface area contributed by atoms with E-state index < -0.39 is 0 Å². The number of alkyl halides is 1. The Balaban J connectivity index is 2.16. The lowest BCUT2D eigenvalue weighted by Gasteiger charge is -2.26. The van der Waals surface area contributed by atoms with Gasteiger partial charge < -0.3 is 14.4 Å². The van der Waals surface area contributed by atoms with Crippen molar-refractivity contribution in [2.24, 2.45) is 0 Å². The van der Waals surface area contributed by atoms with Crippen molar-refractivity contribution in [1.82, 2.24) is 10.2 Å². The second-order valence-electron chi connectivity index (χ2n) is 4.42. The van der Waals surface area contributed by atoms with Gasteiger partial charge in [-0.25, -0.2) is 0 Å². The van der Waals surface area contributed by atoms with Crippen LogP contribution in [0.4, 0.5) is 6.01 Å². The molecule has 6 heteroatoms. The molecule has 0 saturated carbocycles. The topological polar surface area (TPSA) is 62.4 Å². The van der Waals surface area contributed by atoms with Crippen LogP contribution in [0.5, 0.6) is 0 Å². The van der Waals surface area contributed by atoms with Crippen LogP contribution in [0, 0.1) is 0 Å². The average Bonchev–Trinajstić information content (AvgIpc) is 2.68. The van der Waals surface area contributed by atoms with Crippen LogP contribution in [0.2, 0.25) is 0 Å². The summed E-state index contributed by atoms with van der Waals surface area (Å²) in [6.07, 6.45) is 4.36. The zero-order valence-corrected chi connectivity index (χ0v) is 10.7. The van der Waals surface area contributed by atoms with Crippen molar-refractivity contribution in [2.45, 2.75) is 44.0 Å². The predicted octanol–water partition coefficient (Wildman–Crippen LogP) is 2.11. The summed E-state index contributed by atoms with van der Waals surface area (Å²) in [5, 5.41) is 17.1. The van der Waals surface area contributed by atoms with E-state index in [0.29, 0.717) is 11.9 Å². The van der Waals surface area contributed by atoms with Gasteiger partial charge in [0.2, 0.25) is 5.89 Å². The van der Waals surface area contributed by atoms with Crippen molar-refractivity contribution >= 4 is 17.6 Å². The third kappa shape index (κ3) is 2.90. The van der Waals surface area contributed by atoms with E-state index in [-0.39, 0.29) is 18.0 Å². The maximum absolute atomic E-state index is 9.41. The van der Waals surface area contributed by atoms with Gasteiger partial charge in [0.15, 0.2) is 0 Å². The van der Waals surface area contributed by atoms with Crippen molar-refractivity contribution < 1.29 is 9.52 Å². The summed E-state index contributed by atoms with van der Waals surface area (Å²) in [5.41, 5.74) is 0. The first-order valence-corrected chi connectivity index (χ1v) is 6.51. The first-order chi connectivity index (χ1) is 8.22. The highest BCUT2D eigenvalue weighted by atomic mass is 35.5. The van der Waals surface area contributed by atoms with Crippen LogP contribution < -0.4 is 4.90 Å². The van der Waals surface area contributed by atoms with Gasteiger partial charge in [0.25, 0.3) is 0 Å². The molecule has 0 spiro atoms. The Kier molecular flexibility index (Phi) is 4.23. The summed E-state index contributed by atoms with van der Waals surface area (Å²) in [7, 11) is 0. The predicted molar refractivity (Wildman–Crippen MR) is 65.3 cm³/mol. The van der Waals surface area contributed by atoms with E-state index in [0.717, 1.165) is 25.8 Å². The molecule has 1 N–H and O–H groups in total. The van der Waals surface area contributed by atoms with E-state index in [1.54, 1.807) is 6.92 Å². The molecule has 1 fully saturated rings. The number of aromatic nitrogens is 2. The molecule has 96 valence electrons. The summed E-state index contributed by atoms with van der Waals surface area (Å²) in [6, 6.07) is 0.560. The molecule has 2 heterocycles. The van der Waals surface area contributed by atoms with Gasteiger partial charge in [0.05, 0.1) is 12.6 Å². The number of rotatable bonds is 3. The Morgan fingerprint density at radius 3 is 2.94 bits per heavy atom. The van der Waals surface area contributed by atoms with Crippen LogP contribution in [-0.4, -0.2) is 34.5 Å². The molecule has 17 heavy (non-hydrogen) atoms. The number of hydrogen-bond acceptors (Lipinski definition) is 5. The highest BCUT2D eigenvalue weighted by Gasteiger charge is 2.25. The molecule has 1 aliphatic heterocycles. The van der Waals surface area contributed by atoms with Crippen LogP contribution in [0.15, 0.2) is 4.42 Å². The molecule has 1 aromatic heterocycles. The van der Waals surface area contributed by atoms with E-state index >= 15 is 0 Å². The monoisotopic (exact) mass is 259 g/mol. The van der Waals surface area contributed by atoms with E-state index in [1.807, 2.05) is 4.90 Å². The molecule has 1 saturated heterocycles. The minimum absolute atomic E-state index is 0.0800. The molecular formula is C11H18ClN3O2. The highest BCUT2D eigenvalue weighted by Crippen LogP contribution is 2.26. The molecule has 5 nitrogen and oxygen atoms in total. The minimum atomic E-state index is -0.282. The molecule has 0 amide bonds. The Hall–Kier alpha value is -0.810. The molecular weight excluding hydrogens is 242 g/mol. The van der Waals surface area contributed by atoms with Crippen molar-refractivity contribution in [3.05, 3.63) is 5.89 Å². The molecule has 0 aromatic carbocycles. The van der Waals surface area contributed by atoms with Gasteiger partial charge >= 0.3 is 6.01 Å². The lowest BCUT2D eigenvalue weighted by Crippen LogP contribution is -2.37. The van der Waals surface area contributed by atoms with Crippen molar-refractivity contribution in [3.63, 3.8) is 0 Å². The Morgan fingerprint density at radius 2 is 2.29 bits per heavy atom. The molecule has 0 bridgehead atoms. The van der Waals surface area contributed by atoms with Crippen LogP contribution in [0.1, 0.15) is 43.9 Å². The molecule has 2 rings (SSSR count). The first kappa shape index (κ1) is 12.6. The Labute approximate surface area is 106 Å². The molecule has 1 aromatic rings. The van der Waals surface area contributed by atoms with E-state index in [4.69, 9.17) is 16.0 Å². The Morgan fingerprint density at radius 1 is 1.47 bits per heavy atom. The molecule has 0 radical (unpaired) electrons. The van der Waals surface area contributed by atoms with Crippen LogP contribution in [0.25, 0.3) is 0 Å². The fourth-order valence-electron chi connectivity index (χ4n) is 2.12. The summed E-state index contributed by atoms with van der Waals surface area (Å²) in [4.78, 5) is 2.00. The van der Waals surface area contributed by atoms with Gasteiger partial charge in [-0.15, -0.1) is 16.7 Å². The highest BCUT2D eigenvalue weighted by molar-refractivity contribution is 6.20. The maximum atomic E-state index is 9.41. The van der Waals surface area contributed by atoms with Gasteiger partial charge in [-0.1, -0.05) is 17.9 Å². The normalized spacial score (nSPS) is 23.5. The van der Waals surface area contributed by atoms with Crippen molar-refractivity contribution in [1.29, 1.82) is 0 Å². The number of hydrogen-bond donors (Lipinski definition) is 1. The number of aliphatic hydroxyl groups excluding tert-OH is 1. The number of aliphatic hydroxyl groups is 1. The molecule has 0 aliphatic carbocycles. The van der Waals surface area contributed by atoms with E-state index in [1.165, 1.54) is 6.42 Å². The van der Waals surface area contributed by atoms with E-state index in [2.05, 4.69) is 10.2 Å². The fraction of sp³-hybridized carbons (Fsp3) is 0.818. The van der Waals surface area contributed by atoms with Crippen molar-refractivity contribution in [2.75, 3.05) is 18.1 Å². The van der Waals surface area contributed by atoms with Gasteiger partial charge in [0.1, 0.15) is 5.38 Å². The average molecular weight is 260 g/mol. The van der Waals surface area contributed by atoms with Crippen LogP contribution in [-0.2, 0) is 0 Å². The number of halogens is 1. The zero-order chi connectivity index (χ0) is 12.3. The van der Waals surface area contributed by atoms with Gasteiger partial charge in [-0.05, 0) is 19.8 Å². The first-order valence-electron chi connectivity index (χ1n) is 6.07. The molecule has 1 aliphatic rings. The smallest absolute Gasteiger partial charge is 0.318 e. The summed E-state index contributed by atoms with van der Waals surface area (Å²) >= 11 is 5.89. The SMILES string of the molecule is CC(Cl)c1nnc(N2CCCCCC2CO)o1. The third-order valence-corrected chi connectivity index (χ3v) is 3.29. The second kappa shape index (κ2) is 5.69. The summed E-state index contributed by atoms with van der Waals surface area (Å²) < 4.78 is 5.53. The molecule has 2 unspecified atom stereocenters. The number of nitrogens with zero attached hydrogens (tertiary/aromatic N) is 3. The largest absolute Gasteiger partial charge is 0.406 e. The lowest BCUT2D eigenvalue weighted by molar-refractivity contribution is 0.250. The lowest BCUT2D eigenvalue weighted by atomic mass is 10.1. The minimum Gasteiger partial charge on any atom is -0.406 e. The zero-order valence-electron chi connectivity index (χ0n) is 9.97. The van der Waals surface area contributed by atoms with Crippen LogP contribution in [0.3, 0.4) is 0 Å². The standard InChI is InChI=1S/C11H18ClN3O2/c1-8(12)10-13-14-11(17-10)15-6-4-2-3-5-9(15)7-16/h8-9,16H,2-7H2,1H3. The van der Waals surface area contributed by atoms with E-state index in [9.17, 15) is 5.11 Å². The summed E-state index contributed by atoms with van der Waals surface area (Å²) in [5.74, 6) is 0.433. The van der Waals surface area contributed by atoms with Gasteiger partial charge in [-0.2, -0.15) is 0 Å². The quantitative estimate of drug-likeness (QED) is 0.843. The fourth-order valence-corrected chi connectivity index (χ4v) is 2.21. The Bertz CT molecular complexity index is 356. The summed E-state index contributed by atoms with van der Waals surface area (Å²) in [6.45, 7) is 2.77.